The van der Waals surface area contributed by atoms with E-state index in [1.54, 1.807) is 195 Å². The third kappa shape index (κ3) is 51.0. The number of rotatable bonds is 12. The summed E-state index contributed by atoms with van der Waals surface area (Å²) < 4.78 is 30.4. The van der Waals surface area contributed by atoms with E-state index in [1.165, 1.54) is 0 Å². The van der Waals surface area contributed by atoms with E-state index in [9.17, 15) is 30.6 Å². The van der Waals surface area contributed by atoms with Gasteiger partial charge in [0.25, 0.3) is 0 Å². The van der Waals surface area contributed by atoms with E-state index in [-0.39, 0.29) is 34.5 Å². The summed E-state index contributed by atoms with van der Waals surface area (Å²) in [6.07, 6.45) is 9.61. The van der Waals surface area contributed by atoms with Gasteiger partial charge in [-0.15, -0.1) is 0 Å². The molecule has 0 unspecified atom stereocenters. The minimum absolute atomic E-state index is 0.256. The fraction of sp³-hybridized carbons (Fsp3) is 0.300. The van der Waals surface area contributed by atoms with E-state index in [0.29, 0.717) is 33.4 Å². The molecule has 0 aliphatic rings. The number of phenols is 6. The first-order valence-corrected chi connectivity index (χ1v) is 64.2. The zero-order valence-corrected chi connectivity index (χ0v) is 79.6. The Morgan fingerprint density at radius 1 is 0.240 bits per heavy atom. The summed E-state index contributed by atoms with van der Waals surface area (Å²) >= 11 is -4.95. The molecule has 0 spiro atoms. The topological polar surface area (TPSA) is 251 Å². The Kier molecular flexibility index (Phi) is 79.7. The van der Waals surface area contributed by atoms with Crippen LogP contribution in [0.4, 0.5) is 0 Å². The zero-order chi connectivity index (χ0) is 75.3. The molecular formula is C60H78Cl12N6O12Zr6. The van der Waals surface area contributed by atoms with Crippen LogP contribution in [0.25, 0.3) is 0 Å². The zero-order valence-electron chi connectivity index (χ0n) is 55.7. The summed E-state index contributed by atoms with van der Waals surface area (Å²) in [5.41, 5.74) is 8.80. The number of hydrogen-bond acceptors (Lipinski definition) is 18. The second-order valence-corrected chi connectivity index (χ2v) is 39.4. The molecule has 0 saturated heterocycles. The number of phenolic OH excluding ortho intramolecular Hbond substituents is 6. The van der Waals surface area contributed by atoms with Crippen LogP contribution in [0.1, 0.15) is 66.8 Å². The van der Waals surface area contributed by atoms with Gasteiger partial charge in [0.15, 0.2) is 0 Å². The van der Waals surface area contributed by atoms with Crippen LogP contribution in [-0.4, -0.2) is 153 Å². The van der Waals surface area contributed by atoms with Gasteiger partial charge in [-0.3, -0.25) is 30.0 Å². The predicted octanol–water partition coefficient (Wildman–Crippen LogP) is 18.8. The van der Waals surface area contributed by atoms with E-state index in [1.807, 2.05) is 41.5 Å². The van der Waals surface area contributed by atoms with Crippen LogP contribution in [-0.2, 0) is 125 Å². The summed E-state index contributed by atoms with van der Waals surface area (Å²) in [4.78, 5) is 23.1. The molecule has 0 aliphatic heterocycles. The van der Waals surface area contributed by atoms with E-state index < -0.39 is 125 Å². The van der Waals surface area contributed by atoms with Crippen molar-refractivity contribution < 1.29 is 184 Å². The molecule has 6 aromatic rings. The van der Waals surface area contributed by atoms with Gasteiger partial charge in [0.2, 0.25) is 0 Å². The monoisotopic (exact) mass is 2030 g/mol. The molecule has 0 fully saturated rings. The molecule has 0 amide bonds. The Balaban J connectivity index is -0.000000240. The molecule has 0 bridgehead atoms. The first kappa shape index (κ1) is 107. The van der Waals surface area contributed by atoms with Crippen LogP contribution in [0.2, 0.25) is 0 Å². The first-order valence-electron chi connectivity index (χ1n) is 26.2. The molecule has 0 aromatic heterocycles. The number of halogens is 12. The van der Waals surface area contributed by atoms with Gasteiger partial charge in [-0.05, 0) is 148 Å². The Labute approximate surface area is 678 Å². The standard InChI is InChI=1S/6C10H13NO2.12ClH.6Zr/c6*1-7-4-9(13-3)5-8(6-11-2)10(7)12;;;;;;;;;;;;;;;;;;/h6*4-6,12H,1-3H3;12*1H;;;;;;/q;;;;;;;;;;;;;;;;;;6*+2/p-12. The molecular weight excluding hydrogens is 1970 g/mol. The molecule has 6 rings (SSSR count). The van der Waals surface area contributed by atoms with Gasteiger partial charge in [-0.2, -0.15) is 0 Å². The van der Waals surface area contributed by atoms with E-state index in [0.717, 1.165) is 67.9 Å². The first-order chi connectivity index (χ1) is 45.6. The van der Waals surface area contributed by atoms with Crippen molar-refractivity contribution in [1.29, 1.82) is 0 Å². The fourth-order valence-corrected chi connectivity index (χ4v) is 6.77. The van der Waals surface area contributed by atoms with Crippen LogP contribution in [0, 0.1) is 41.5 Å². The predicted molar refractivity (Wildman–Crippen MR) is 388 cm³/mol. The maximum atomic E-state index is 9.60. The van der Waals surface area contributed by atoms with Gasteiger partial charge in [0.05, 0.1) is 42.7 Å². The van der Waals surface area contributed by atoms with Crippen molar-refractivity contribution in [1.82, 2.24) is 0 Å². The quantitative estimate of drug-likeness (QED) is 0.0626. The van der Waals surface area contributed by atoms with Crippen molar-refractivity contribution in [2.24, 2.45) is 30.0 Å². The third-order valence-electron chi connectivity index (χ3n) is 10.8. The average Bonchev–Trinajstić information content (AvgIpc) is 0.957. The minimum atomic E-state index is -0.826. The summed E-state index contributed by atoms with van der Waals surface area (Å²) in [5.74, 6) is 5.90. The van der Waals surface area contributed by atoms with Gasteiger partial charge < -0.3 is 59.1 Å². The average molecular weight is 2050 g/mol. The molecule has 18 nitrogen and oxygen atoms in total. The molecule has 0 saturated carbocycles. The number of ether oxygens (including phenoxy) is 6. The van der Waals surface area contributed by atoms with Crippen LogP contribution < -0.4 is 28.4 Å². The molecule has 6 N–H and O–H groups in total. The SMILES string of the molecule is CN=Cc1cc(OC)cc(C)c1O.CN=Cc1cc(OC)cc(C)c1O.CN=Cc1cc(OC)cc(C)c1O.CN=Cc1cc(OC)cc(C)c1O.CN=Cc1cc(OC)cc(C)c1O.CN=Cc1cc(OC)cc(C)c1O.[Cl][Zr][Cl].[Cl][Zr][Cl].[Cl][Zr][Cl].[Cl][Zr][Cl].[Cl][Zr][Cl].[Cl][Zr][Cl]. The number of aromatic hydroxyl groups is 6. The Morgan fingerprint density at radius 3 is 0.406 bits per heavy atom. The van der Waals surface area contributed by atoms with Gasteiger partial charge in [-0.1, -0.05) is 0 Å². The number of methoxy groups -OCH3 is 6. The Bertz CT molecular complexity index is 2690. The van der Waals surface area contributed by atoms with Crippen LogP contribution in [0.3, 0.4) is 0 Å². The van der Waals surface area contributed by atoms with E-state index >= 15 is 0 Å². The summed E-state index contributed by atoms with van der Waals surface area (Å²) in [6, 6.07) is 21.2. The number of benzene rings is 6. The van der Waals surface area contributed by atoms with Gasteiger partial charge >= 0.3 is 227 Å². The van der Waals surface area contributed by atoms with Crippen molar-refractivity contribution in [3.05, 3.63) is 140 Å². The van der Waals surface area contributed by atoms with Crippen LogP contribution in [0.5, 0.6) is 69.0 Å². The molecule has 0 radical (unpaired) electrons. The van der Waals surface area contributed by atoms with Gasteiger partial charge in [0.1, 0.15) is 69.0 Å². The Morgan fingerprint density at radius 2 is 0.333 bits per heavy atom. The van der Waals surface area contributed by atoms with Gasteiger partial charge in [0, 0.05) is 113 Å². The number of aryl methyl sites for hydroxylation is 6. The number of aliphatic imine (C=N–C) groups is 6. The molecule has 528 valence electrons. The third-order valence-corrected chi connectivity index (χ3v) is 10.8. The van der Waals surface area contributed by atoms with E-state index in [2.05, 4.69) is 30.0 Å². The Hall–Kier alpha value is -0.281. The summed E-state index contributed by atoms with van der Waals surface area (Å²) in [7, 11) is 78.7. The van der Waals surface area contributed by atoms with Crippen molar-refractivity contribution >= 4 is 139 Å². The van der Waals surface area contributed by atoms with Crippen molar-refractivity contribution in [3.63, 3.8) is 0 Å². The number of hydrogen-bond donors (Lipinski definition) is 6. The van der Waals surface area contributed by atoms with Crippen molar-refractivity contribution in [2.45, 2.75) is 41.5 Å². The van der Waals surface area contributed by atoms with Gasteiger partial charge in [-0.25, -0.2) is 0 Å². The summed E-state index contributed by atoms with van der Waals surface area (Å²) in [5, 5.41) is 57.6. The molecule has 0 atom stereocenters. The maximum absolute atomic E-state index is 9.60. The molecule has 0 heterocycles. The number of nitrogens with zero attached hydrogens (tertiary/aromatic N) is 6. The van der Waals surface area contributed by atoms with E-state index in [4.69, 9.17) is 131 Å². The molecule has 96 heavy (non-hydrogen) atoms. The normalized spacial score (nSPS) is 9.56. The molecule has 0 aliphatic carbocycles. The second-order valence-electron chi connectivity index (χ2n) is 17.0. The summed E-state index contributed by atoms with van der Waals surface area (Å²) in [6.45, 7) is 10.9. The molecule has 6 aromatic carbocycles. The van der Waals surface area contributed by atoms with Crippen LogP contribution in [0.15, 0.2) is 103 Å². The van der Waals surface area contributed by atoms with Crippen molar-refractivity contribution in [2.75, 3.05) is 84.9 Å². The van der Waals surface area contributed by atoms with Crippen LogP contribution >= 0.6 is 102 Å². The fourth-order valence-electron chi connectivity index (χ4n) is 6.77. The van der Waals surface area contributed by atoms with Crippen molar-refractivity contribution in [3.8, 4) is 69.0 Å². The second kappa shape index (κ2) is 71.7. The molecule has 36 heteroatoms.